The van der Waals surface area contributed by atoms with Crippen molar-refractivity contribution in [3.8, 4) is 11.3 Å². The molecule has 1 aliphatic rings. The number of benzene rings is 2. The number of fused-ring (bicyclic) bond motifs is 1. The Bertz CT molecular complexity index is 1350. The smallest absolute Gasteiger partial charge is 0.337 e. The van der Waals surface area contributed by atoms with Crippen molar-refractivity contribution in [1.29, 1.82) is 0 Å². The van der Waals surface area contributed by atoms with E-state index in [9.17, 15) is 18.0 Å². The van der Waals surface area contributed by atoms with Gasteiger partial charge < -0.3 is 4.90 Å². The van der Waals surface area contributed by atoms with Crippen LogP contribution in [0.4, 0.5) is 13.2 Å². The zero-order chi connectivity index (χ0) is 23.7. The number of hydrogen-bond donors (Lipinski definition) is 0. The number of amides is 1. The topological polar surface area (TPSA) is 46.1 Å². The van der Waals surface area contributed by atoms with Crippen LogP contribution in [0.15, 0.2) is 78.9 Å². The summed E-state index contributed by atoms with van der Waals surface area (Å²) in [6, 6.07) is 21.9. The van der Waals surface area contributed by atoms with Crippen LogP contribution in [0.2, 0.25) is 0 Å². The molecule has 172 valence electrons. The molecule has 34 heavy (non-hydrogen) atoms. The number of hydrogen-bond acceptors (Lipinski definition) is 3. The summed E-state index contributed by atoms with van der Waals surface area (Å²) in [6.07, 6.45) is -2.73. The van der Waals surface area contributed by atoms with Gasteiger partial charge in [-0.15, -0.1) is 0 Å². The molecule has 4 aromatic rings. The lowest BCUT2D eigenvalue weighted by Crippen LogP contribution is -2.39. The van der Waals surface area contributed by atoms with Gasteiger partial charge in [0.05, 0.1) is 16.8 Å². The van der Waals surface area contributed by atoms with Gasteiger partial charge >= 0.3 is 6.18 Å². The van der Waals surface area contributed by atoms with Crippen LogP contribution in [0.1, 0.15) is 40.5 Å². The van der Waals surface area contributed by atoms with Gasteiger partial charge in [0, 0.05) is 35.7 Å². The Kier molecular flexibility index (Phi) is 5.77. The van der Waals surface area contributed by atoms with Crippen molar-refractivity contribution < 1.29 is 18.0 Å². The highest BCUT2D eigenvalue weighted by molar-refractivity contribution is 5.95. The first-order valence-electron chi connectivity index (χ1n) is 11.2. The first-order chi connectivity index (χ1) is 16.4. The summed E-state index contributed by atoms with van der Waals surface area (Å²) in [5, 5.41) is 0.978. The van der Waals surface area contributed by atoms with Gasteiger partial charge in [0.2, 0.25) is 0 Å². The number of para-hydroxylation sites is 1. The van der Waals surface area contributed by atoms with E-state index in [2.05, 4.69) is 9.97 Å². The highest BCUT2D eigenvalue weighted by Gasteiger charge is 2.31. The molecule has 2 aromatic carbocycles. The molecule has 0 saturated carbocycles. The Hall–Kier alpha value is -3.74. The summed E-state index contributed by atoms with van der Waals surface area (Å²) >= 11 is 0. The molecular weight excluding hydrogens is 439 g/mol. The minimum absolute atomic E-state index is 0.00362. The van der Waals surface area contributed by atoms with Gasteiger partial charge in [-0.25, -0.2) is 4.98 Å². The molecule has 1 fully saturated rings. The maximum Gasteiger partial charge on any atom is 0.416 e. The highest BCUT2D eigenvalue weighted by Crippen LogP contribution is 2.33. The van der Waals surface area contributed by atoms with Crippen LogP contribution >= 0.6 is 0 Å². The number of likely N-dealkylation sites (tertiary alicyclic amines) is 1. The van der Waals surface area contributed by atoms with Crippen molar-refractivity contribution in [1.82, 2.24) is 14.9 Å². The molecule has 0 aliphatic carbocycles. The van der Waals surface area contributed by atoms with Crippen LogP contribution in [0.5, 0.6) is 0 Å². The third kappa shape index (κ3) is 4.51. The van der Waals surface area contributed by atoms with Crippen molar-refractivity contribution in [2.75, 3.05) is 13.1 Å². The van der Waals surface area contributed by atoms with Crippen LogP contribution < -0.4 is 0 Å². The number of carbonyl (C=O) groups is 1. The van der Waals surface area contributed by atoms with E-state index in [1.807, 2.05) is 42.5 Å². The molecule has 3 heterocycles. The second-order valence-corrected chi connectivity index (χ2v) is 8.51. The number of rotatable bonds is 3. The van der Waals surface area contributed by atoms with E-state index in [0.29, 0.717) is 30.0 Å². The Balaban J connectivity index is 1.37. The molecular formula is C27H22F3N3O. The number of alkyl halides is 3. The molecule has 0 spiro atoms. The van der Waals surface area contributed by atoms with E-state index in [1.54, 1.807) is 23.1 Å². The summed E-state index contributed by atoms with van der Waals surface area (Å²) in [6.45, 7) is 1.13. The normalized spacial score (nSPS) is 16.6. The van der Waals surface area contributed by atoms with E-state index in [4.69, 9.17) is 0 Å². The van der Waals surface area contributed by atoms with E-state index in [1.165, 1.54) is 6.07 Å². The molecule has 1 saturated heterocycles. The molecule has 1 amide bonds. The summed E-state index contributed by atoms with van der Waals surface area (Å²) in [4.78, 5) is 24.2. The second kappa shape index (κ2) is 8.89. The highest BCUT2D eigenvalue weighted by atomic mass is 19.4. The van der Waals surface area contributed by atoms with Crippen LogP contribution in [0.25, 0.3) is 22.2 Å². The lowest BCUT2D eigenvalue weighted by Gasteiger charge is -2.32. The molecule has 2 aromatic heterocycles. The van der Waals surface area contributed by atoms with Gasteiger partial charge in [0.25, 0.3) is 5.91 Å². The Morgan fingerprint density at radius 1 is 0.912 bits per heavy atom. The summed E-state index contributed by atoms with van der Waals surface area (Å²) in [5.41, 5.74) is 2.17. The van der Waals surface area contributed by atoms with Crippen molar-refractivity contribution in [3.63, 3.8) is 0 Å². The zero-order valence-electron chi connectivity index (χ0n) is 18.3. The fourth-order valence-electron chi connectivity index (χ4n) is 4.44. The minimum Gasteiger partial charge on any atom is -0.337 e. The average molecular weight is 461 g/mol. The third-order valence-electron chi connectivity index (χ3n) is 6.20. The number of aromatic nitrogens is 2. The fourth-order valence-corrected chi connectivity index (χ4v) is 4.44. The monoisotopic (exact) mass is 461 g/mol. The second-order valence-electron chi connectivity index (χ2n) is 8.51. The average Bonchev–Trinajstić information content (AvgIpc) is 2.88. The quantitative estimate of drug-likeness (QED) is 0.358. The van der Waals surface area contributed by atoms with Crippen molar-refractivity contribution in [3.05, 3.63) is 95.8 Å². The third-order valence-corrected chi connectivity index (χ3v) is 6.20. The largest absolute Gasteiger partial charge is 0.416 e. The van der Waals surface area contributed by atoms with E-state index in [0.717, 1.165) is 41.6 Å². The molecule has 1 unspecified atom stereocenters. The lowest BCUT2D eigenvalue weighted by molar-refractivity contribution is -0.137. The predicted molar refractivity (Wildman–Crippen MR) is 124 cm³/mol. The number of piperidine rings is 1. The summed E-state index contributed by atoms with van der Waals surface area (Å²) < 4.78 is 39.4. The Morgan fingerprint density at radius 2 is 1.74 bits per heavy atom. The molecule has 4 nitrogen and oxygen atoms in total. The predicted octanol–water partition coefficient (Wildman–Crippen LogP) is 6.34. The van der Waals surface area contributed by atoms with Gasteiger partial charge in [-0.3, -0.25) is 9.78 Å². The standard InChI is InChI=1S/C27H22F3N3O/c28-27(29,30)21-9-3-7-19(16-21)23-11-4-12-24(31-23)20-8-5-15-33(17-20)26(34)25-14-13-18-6-1-2-10-22(18)32-25/h1-4,6-7,9-14,16,20H,5,8,15,17H2. The minimum atomic E-state index is -4.41. The molecule has 1 atom stereocenters. The van der Waals surface area contributed by atoms with E-state index < -0.39 is 11.7 Å². The van der Waals surface area contributed by atoms with Crippen LogP contribution in [-0.4, -0.2) is 33.9 Å². The molecule has 0 radical (unpaired) electrons. The molecule has 5 rings (SSSR count). The number of halogens is 3. The number of nitrogens with zero attached hydrogens (tertiary/aromatic N) is 3. The summed E-state index contributed by atoms with van der Waals surface area (Å²) in [5.74, 6) is -0.117. The van der Waals surface area contributed by atoms with Crippen molar-refractivity contribution in [2.24, 2.45) is 0 Å². The van der Waals surface area contributed by atoms with Crippen molar-refractivity contribution in [2.45, 2.75) is 24.9 Å². The molecule has 1 aliphatic heterocycles. The maximum absolute atomic E-state index is 13.2. The molecule has 0 bridgehead atoms. The summed E-state index contributed by atoms with van der Waals surface area (Å²) in [7, 11) is 0. The van der Waals surface area contributed by atoms with E-state index >= 15 is 0 Å². The maximum atomic E-state index is 13.2. The zero-order valence-corrected chi connectivity index (χ0v) is 18.3. The Labute approximate surface area is 195 Å². The van der Waals surface area contributed by atoms with Crippen LogP contribution in [0.3, 0.4) is 0 Å². The Morgan fingerprint density at radius 3 is 2.59 bits per heavy atom. The van der Waals surface area contributed by atoms with Gasteiger partial charge in [-0.05, 0) is 49.2 Å². The van der Waals surface area contributed by atoms with Gasteiger partial charge in [0.1, 0.15) is 5.69 Å². The first-order valence-corrected chi connectivity index (χ1v) is 11.2. The number of carbonyl (C=O) groups excluding carboxylic acids is 1. The molecule has 7 heteroatoms. The van der Waals surface area contributed by atoms with E-state index in [-0.39, 0.29) is 11.8 Å². The lowest BCUT2D eigenvalue weighted by atomic mass is 9.93. The number of pyridine rings is 2. The van der Waals surface area contributed by atoms with Gasteiger partial charge in [-0.2, -0.15) is 13.2 Å². The van der Waals surface area contributed by atoms with Gasteiger partial charge in [0.15, 0.2) is 0 Å². The van der Waals surface area contributed by atoms with Gasteiger partial charge in [-0.1, -0.05) is 42.5 Å². The van der Waals surface area contributed by atoms with Crippen molar-refractivity contribution >= 4 is 16.8 Å². The van der Waals surface area contributed by atoms with Crippen LogP contribution in [-0.2, 0) is 6.18 Å². The SMILES string of the molecule is O=C(c1ccc2ccccc2n1)N1CCCC(c2cccc(-c3cccc(C(F)(F)F)c3)n2)C1. The first kappa shape index (κ1) is 22.1. The fraction of sp³-hybridized carbons (Fsp3) is 0.222. The molecule has 0 N–H and O–H groups in total. The van der Waals surface area contributed by atoms with Crippen LogP contribution in [0, 0.1) is 0 Å².